The number of anilines is 5. The number of fused-ring (bicyclic) bond motifs is 2. The highest BCUT2D eigenvalue weighted by atomic mass is 32.1. The zero-order chi connectivity index (χ0) is 38.0. The van der Waals surface area contributed by atoms with Crippen molar-refractivity contribution in [3.8, 4) is 32.8 Å². The van der Waals surface area contributed by atoms with E-state index >= 15 is 0 Å². The molecule has 1 unspecified atom stereocenters. The molecular formula is C53H39N3S. The van der Waals surface area contributed by atoms with Crippen molar-refractivity contribution in [3.05, 3.63) is 218 Å². The van der Waals surface area contributed by atoms with Gasteiger partial charge in [0.2, 0.25) is 0 Å². The summed E-state index contributed by atoms with van der Waals surface area (Å²) in [6.07, 6.45) is 9.84. The number of benzene rings is 8. The molecule has 1 heterocycles. The minimum atomic E-state index is 0.231. The van der Waals surface area contributed by atoms with E-state index in [-0.39, 0.29) is 6.04 Å². The van der Waals surface area contributed by atoms with Gasteiger partial charge in [0.1, 0.15) is 5.01 Å². The van der Waals surface area contributed by atoms with Crippen molar-refractivity contribution in [1.29, 1.82) is 0 Å². The van der Waals surface area contributed by atoms with Crippen LogP contribution in [0.5, 0.6) is 0 Å². The molecule has 1 aliphatic rings. The highest BCUT2D eigenvalue weighted by Crippen LogP contribution is 2.40. The lowest BCUT2D eigenvalue weighted by Gasteiger charge is -2.33. The van der Waals surface area contributed by atoms with Crippen LogP contribution >= 0.6 is 11.3 Å². The molecule has 10 rings (SSSR count). The van der Waals surface area contributed by atoms with Gasteiger partial charge in [0, 0.05) is 39.4 Å². The second-order valence-electron chi connectivity index (χ2n) is 14.4. The average Bonchev–Trinajstić information content (AvgIpc) is 3.73. The van der Waals surface area contributed by atoms with Crippen LogP contribution in [0.1, 0.15) is 6.42 Å². The highest BCUT2D eigenvalue weighted by Gasteiger charge is 2.21. The maximum atomic E-state index is 4.91. The Morgan fingerprint density at radius 3 is 1.63 bits per heavy atom. The van der Waals surface area contributed by atoms with Gasteiger partial charge in [-0.3, -0.25) is 0 Å². The molecule has 0 bridgehead atoms. The van der Waals surface area contributed by atoms with Crippen molar-refractivity contribution in [2.45, 2.75) is 12.5 Å². The molecule has 3 nitrogen and oxygen atoms in total. The highest BCUT2D eigenvalue weighted by molar-refractivity contribution is 7.21. The summed E-state index contributed by atoms with van der Waals surface area (Å²) < 4.78 is 1.20. The summed E-state index contributed by atoms with van der Waals surface area (Å²) in [7, 11) is 0. The summed E-state index contributed by atoms with van der Waals surface area (Å²) in [4.78, 5) is 9.73. The summed E-state index contributed by atoms with van der Waals surface area (Å²) in [5, 5.41) is 3.54. The predicted molar refractivity (Wildman–Crippen MR) is 243 cm³/mol. The molecule has 8 aromatic carbocycles. The van der Waals surface area contributed by atoms with E-state index < -0.39 is 0 Å². The summed E-state index contributed by atoms with van der Waals surface area (Å²) >= 11 is 1.73. The van der Waals surface area contributed by atoms with E-state index in [1.165, 1.54) is 49.1 Å². The molecule has 9 aromatic rings. The molecule has 1 atom stereocenters. The summed E-state index contributed by atoms with van der Waals surface area (Å²) in [5.74, 6) is 0. The van der Waals surface area contributed by atoms with E-state index in [1.807, 2.05) is 6.07 Å². The number of aromatic nitrogens is 1. The van der Waals surface area contributed by atoms with Crippen molar-refractivity contribution in [3.63, 3.8) is 0 Å². The Kier molecular flexibility index (Phi) is 9.23. The van der Waals surface area contributed by atoms with Crippen LogP contribution in [0.15, 0.2) is 218 Å². The van der Waals surface area contributed by atoms with Gasteiger partial charge >= 0.3 is 0 Å². The summed E-state index contributed by atoms with van der Waals surface area (Å²) in [5.41, 5.74) is 12.6. The van der Waals surface area contributed by atoms with Gasteiger partial charge in [0.05, 0.1) is 16.3 Å². The SMILES string of the molecule is C1=CCC(N(c2ccc(-c3ccc(N(c4ccc(-c5ccccc5)cc4)c4ccc(-c5nc6ccccc6s5)cc4)cc3)cc2)c2cccc3ccccc23)C=C1. The number of para-hydroxylation sites is 1. The van der Waals surface area contributed by atoms with Gasteiger partial charge < -0.3 is 9.80 Å². The predicted octanol–water partition coefficient (Wildman–Crippen LogP) is 14.9. The van der Waals surface area contributed by atoms with Crippen LogP contribution in [0.2, 0.25) is 0 Å². The van der Waals surface area contributed by atoms with Crippen molar-refractivity contribution in [2.75, 3.05) is 9.80 Å². The van der Waals surface area contributed by atoms with Gasteiger partial charge in [-0.15, -0.1) is 11.3 Å². The van der Waals surface area contributed by atoms with Gasteiger partial charge in [-0.2, -0.15) is 0 Å². The first-order valence-electron chi connectivity index (χ1n) is 19.5. The maximum Gasteiger partial charge on any atom is 0.124 e. The number of thiazole rings is 1. The number of hydrogen-bond donors (Lipinski definition) is 0. The third kappa shape index (κ3) is 6.92. The topological polar surface area (TPSA) is 19.4 Å². The fraction of sp³-hybridized carbons (Fsp3) is 0.0377. The maximum absolute atomic E-state index is 4.91. The third-order valence-corrected chi connectivity index (χ3v) is 11.9. The number of nitrogens with zero attached hydrogens (tertiary/aromatic N) is 3. The molecule has 57 heavy (non-hydrogen) atoms. The molecule has 0 fully saturated rings. The molecule has 0 spiro atoms. The summed E-state index contributed by atoms with van der Waals surface area (Å²) in [6.45, 7) is 0. The number of hydrogen-bond acceptors (Lipinski definition) is 4. The normalized spacial score (nSPS) is 13.6. The van der Waals surface area contributed by atoms with E-state index in [1.54, 1.807) is 11.3 Å². The Morgan fingerprint density at radius 1 is 0.456 bits per heavy atom. The minimum absolute atomic E-state index is 0.231. The van der Waals surface area contributed by atoms with Gasteiger partial charge in [-0.05, 0) is 113 Å². The van der Waals surface area contributed by atoms with Crippen LogP contribution < -0.4 is 9.80 Å². The van der Waals surface area contributed by atoms with Crippen LogP contribution in [0.25, 0.3) is 53.8 Å². The molecule has 0 amide bonds. The molecular weight excluding hydrogens is 711 g/mol. The number of rotatable bonds is 9. The molecule has 1 aliphatic carbocycles. The van der Waals surface area contributed by atoms with Gasteiger partial charge in [0.25, 0.3) is 0 Å². The fourth-order valence-corrected chi connectivity index (χ4v) is 8.90. The molecule has 0 saturated heterocycles. The second-order valence-corrected chi connectivity index (χ2v) is 15.4. The standard InChI is InChI=1S/C53H39N3S/c1-3-12-38(13-4-1)39-22-30-45(31-23-39)55(47-36-28-43(29-37-47)53-54-50-19-9-10-21-52(50)57-53)46-32-24-40(25-33-46)41-26-34-48(35-27-41)56(44-16-5-2-6-17-44)51-20-11-15-42-14-7-8-18-49(42)51/h1-16,18-37,44H,17H2. The Labute approximate surface area is 337 Å². The third-order valence-electron chi connectivity index (χ3n) is 10.8. The molecule has 0 radical (unpaired) electrons. The van der Waals surface area contributed by atoms with Crippen molar-refractivity contribution >= 4 is 60.8 Å². The Bertz CT molecular complexity index is 2820. The quantitative estimate of drug-likeness (QED) is 0.146. The average molecular weight is 750 g/mol. The molecule has 272 valence electrons. The first kappa shape index (κ1) is 34.5. The lowest BCUT2D eigenvalue weighted by Crippen LogP contribution is -2.29. The lowest BCUT2D eigenvalue weighted by molar-refractivity contribution is 0.787. The monoisotopic (exact) mass is 749 g/mol. The molecule has 0 aliphatic heterocycles. The van der Waals surface area contributed by atoms with Crippen LogP contribution in [-0.4, -0.2) is 11.0 Å². The second kappa shape index (κ2) is 15.3. The number of allylic oxidation sites excluding steroid dienone is 2. The first-order chi connectivity index (χ1) is 28.2. The van der Waals surface area contributed by atoms with Crippen LogP contribution in [0.4, 0.5) is 28.4 Å². The van der Waals surface area contributed by atoms with Gasteiger partial charge in [-0.1, -0.05) is 140 Å². The lowest BCUT2D eigenvalue weighted by atomic mass is 10.00. The van der Waals surface area contributed by atoms with Gasteiger partial charge in [0.15, 0.2) is 0 Å². The Morgan fingerprint density at radius 2 is 1.00 bits per heavy atom. The fourth-order valence-electron chi connectivity index (χ4n) is 7.93. The van der Waals surface area contributed by atoms with Crippen molar-refractivity contribution < 1.29 is 0 Å². The first-order valence-corrected chi connectivity index (χ1v) is 20.3. The smallest absolute Gasteiger partial charge is 0.124 e. The van der Waals surface area contributed by atoms with E-state index in [9.17, 15) is 0 Å². The van der Waals surface area contributed by atoms with Crippen LogP contribution in [-0.2, 0) is 0 Å². The van der Waals surface area contributed by atoms with Crippen LogP contribution in [0, 0.1) is 0 Å². The molecule has 1 aromatic heterocycles. The van der Waals surface area contributed by atoms with Crippen molar-refractivity contribution in [1.82, 2.24) is 4.98 Å². The van der Waals surface area contributed by atoms with E-state index in [0.717, 1.165) is 39.6 Å². The van der Waals surface area contributed by atoms with Crippen LogP contribution in [0.3, 0.4) is 0 Å². The molecule has 0 saturated carbocycles. The van der Waals surface area contributed by atoms with E-state index in [0.29, 0.717) is 0 Å². The van der Waals surface area contributed by atoms with Crippen molar-refractivity contribution in [2.24, 2.45) is 0 Å². The van der Waals surface area contributed by atoms with E-state index in [4.69, 9.17) is 4.98 Å². The molecule has 4 heteroatoms. The largest absolute Gasteiger partial charge is 0.334 e. The zero-order valence-electron chi connectivity index (χ0n) is 31.3. The Hall–Kier alpha value is -7.01. The van der Waals surface area contributed by atoms with E-state index in [2.05, 4.69) is 222 Å². The Balaban J connectivity index is 0.974. The molecule has 0 N–H and O–H groups in total. The van der Waals surface area contributed by atoms with Gasteiger partial charge in [-0.25, -0.2) is 4.98 Å². The summed E-state index contributed by atoms with van der Waals surface area (Å²) in [6, 6.07) is 70.0. The minimum Gasteiger partial charge on any atom is -0.334 e. The zero-order valence-corrected chi connectivity index (χ0v) is 32.1.